The Labute approximate surface area is 93.2 Å². The zero-order valence-electron chi connectivity index (χ0n) is 8.72. The Bertz CT molecular complexity index is 695. The summed E-state index contributed by atoms with van der Waals surface area (Å²) >= 11 is 0. The molecule has 0 saturated carbocycles. The fourth-order valence-corrected chi connectivity index (χ4v) is 2.54. The van der Waals surface area contributed by atoms with E-state index in [4.69, 9.17) is 0 Å². The minimum atomic E-state index is 0.950. The molecule has 0 fully saturated rings. The molecule has 2 heteroatoms. The Morgan fingerprint density at radius 2 is 2.00 bits per heavy atom. The maximum absolute atomic E-state index is 4.48. The number of para-hydroxylation sites is 1. The first-order valence-corrected chi connectivity index (χ1v) is 5.46. The van der Waals surface area contributed by atoms with E-state index in [9.17, 15) is 0 Å². The van der Waals surface area contributed by atoms with E-state index in [0.717, 1.165) is 12.2 Å². The molecule has 0 unspecified atom stereocenters. The number of benzene rings is 1. The molecule has 3 aromatic rings. The van der Waals surface area contributed by atoms with Gasteiger partial charge in [-0.3, -0.25) is 4.98 Å². The molecule has 0 atom stereocenters. The molecular weight excluding hydrogens is 196 g/mol. The monoisotopic (exact) mass is 206 g/mol. The summed E-state index contributed by atoms with van der Waals surface area (Å²) < 4.78 is 2.34. The number of aromatic nitrogens is 2. The lowest BCUT2D eigenvalue weighted by Crippen LogP contribution is -1.91. The van der Waals surface area contributed by atoms with Crippen molar-refractivity contribution in [3.05, 3.63) is 54.2 Å². The zero-order valence-corrected chi connectivity index (χ0v) is 8.72. The first-order chi connectivity index (χ1) is 7.93. The molecule has 0 bridgehead atoms. The van der Waals surface area contributed by atoms with Crippen LogP contribution in [0.1, 0.15) is 5.56 Å². The number of hydrogen-bond acceptors (Lipinski definition) is 1. The van der Waals surface area contributed by atoms with Gasteiger partial charge in [0.05, 0.1) is 17.9 Å². The lowest BCUT2D eigenvalue weighted by Gasteiger charge is -1.99. The largest absolute Gasteiger partial charge is 0.335 e. The molecule has 0 N–H and O–H groups in total. The Balaban J connectivity index is 2.12. The molecule has 1 aromatic carbocycles. The van der Waals surface area contributed by atoms with Crippen LogP contribution in [0.3, 0.4) is 0 Å². The topological polar surface area (TPSA) is 17.8 Å². The summed E-state index contributed by atoms with van der Waals surface area (Å²) in [5, 5.41) is 1.30. The Kier molecular flexibility index (Phi) is 1.38. The van der Waals surface area contributed by atoms with Crippen LogP contribution in [0.5, 0.6) is 0 Å². The summed E-state index contributed by atoms with van der Waals surface area (Å²) in [4.78, 5) is 4.48. The van der Waals surface area contributed by atoms with Crippen molar-refractivity contribution in [2.45, 2.75) is 6.54 Å². The average molecular weight is 206 g/mol. The van der Waals surface area contributed by atoms with E-state index in [-0.39, 0.29) is 0 Å². The summed E-state index contributed by atoms with van der Waals surface area (Å²) in [7, 11) is 0. The van der Waals surface area contributed by atoms with E-state index >= 15 is 0 Å². The van der Waals surface area contributed by atoms with Crippen molar-refractivity contribution in [3.63, 3.8) is 0 Å². The number of rotatable bonds is 0. The van der Waals surface area contributed by atoms with E-state index in [0.29, 0.717) is 0 Å². The van der Waals surface area contributed by atoms with E-state index in [1.807, 2.05) is 12.3 Å². The van der Waals surface area contributed by atoms with Gasteiger partial charge in [-0.1, -0.05) is 24.3 Å². The molecule has 2 nitrogen and oxygen atoms in total. The van der Waals surface area contributed by atoms with Crippen LogP contribution in [0.15, 0.2) is 48.7 Å². The SMILES string of the molecule is c1cnc2c(c1)Cn1c-2cc2ccccc21. The van der Waals surface area contributed by atoms with Gasteiger partial charge in [0, 0.05) is 17.1 Å². The lowest BCUT2D eigenvalue weighted by molar-refractivity contribution is 0.887. The van der Waals surface area contributed by atoms with Crippen molar-refractivity contribution in [2.24, 2.45) is 0 Å². The fourth-order valence-electron chi connectivity index (χ4n) is 2.54. The molecule has 16 heavy (non-hydrogen) atoms. The van der Waals surface area contributed by atoms with Gasteiger partial charge in [0.1, 0.15) is 0 Å². The van der Waals surface area contributed by atoms with Crippen molar-refractivity contribution < 1.29 is 0 Å². The predicted octanol–water partition coefficient (Wildman–Crippen LogP) is 3.07. The third kappa shape index (κ3) is 0.890. The van der Waals surface area contributed by atoms with Gasteiger partial charge in [0.2, 0.25) is 0 Å². The van der Waals surface area contributed by atoms with E-state index in [2.05, 4.69) is 45.9 Å². The van der Waals surface area contributed by atoms with Gasteiger partial charge in [0.15, 0.2) is 0 Å². The maximum Gasteiger partial charge on any atom is 0.0916 e. The van der Waals surface area contributed by atoms with Gasteiger partial charge < -0.3 is 4.57 Å². The second-order valence-electron chi connectivity index (χ2n) is 4.19. The Morgan fingerprint density at radius 3 is 3.00 bits per heavy atom. The maximum atomic E-state index is 4.48. The summed E-state index contributed by atoms with van der Waals surface area (Å²) in [5.41, 5.74) is 5.01. The molecular formula is C14H10N2. The lowest BCUT2D eigenvalue weighted by atomic mass is 10.1. The Hall–Kier alpha value is -2.09. The molecule has 4 rings (SSSR count). The number of fused-ring (bicyclic) bond motifs is 5. The standard InChI is InChI=1S/C14H10N2/c1-2-6-12-10(4-1)8-13-14-11(9-16(12)13)5-3-7-15-14/h1-8H,9H2. The molecule has 76 valence electrons. The normalized spacial score (nSPS) is 12.8. The number of nitrogens with zero attached hydrogens (tertiary/aromatic N) is 2. The fraction of sp³-hybridized carbons (Fsp3) is 0.0714. The Morgan fingerprint density at radius 1 is 1.06 bits per heavy atom. The molecule has 1 aliphatic rings. The van der Waals surface area contributed by atoms with Crippen LogP contribution in [0.4, 0.5) is 0 Å². The number of hydrogen-bond donors (Lipinski definition) is 0. The van der Waals surface area contributed by atoms with Crippen molar-refractivity contribution in [1.82, 2.24) is 9.55 Å². The third-order valence-electron chi connectivity index (χ3n) is 3.27. The molecule has 0 amide bonds. The van der Waals surface area contributed by atoms with Crippen LogP contribution in [-0.2, 0) is 6.54 Å². The van der Waals surface area contributed by atoms with Crippen LogP contribution in [0.25, 0.3) is 22.3 Å². The quantitative estimate of drug-likeness (QED) is 0.432. The summed E-state index contributed by atoms with van der Waals surface area (Å²) in [6.07, 6.45) is 1.87. The van der Waals surface area contributed by atoms with Crippen molar-refractivity contribution >= 4 is 10.9 Å². The molecule has 0 aliphatic carbocycles. The van der Waals surface area contributed by atoms with Crippen molar-refractivity contribution in [3.8, 4) is 11.4 Å². The van der Waals surface area contributed by atoms with Crippen LogP contribution < -0.4 is 0 Å². The molecule has 2 aromatic heterocycles. The highest BCUT2D eigenvalue weighted by Gasteiger charge is 2.20. The van der Waals surface area contributed by atoms with Crippen LogP contribution in [-0.4, -0.2) is 9.55 Å². The van der Waals surface area contributed by atoms with Gasteiger partial charge in [-0.15, -0.1) is 0 Å². The first kappa shape index (κ1) is 8.11. The van der Waals surface area contributed by atoms with Crippen LogP contribution in [0, 0.1) is 0 Å². The van der Waals surface area contributed by atoms with Gasteiger partial charge in [-0.2, -0.15) is 0 Å². The highest BCUT2D eigenvalue weighted by molar-refractivity contribution is 5.88. The van der Waals surface area contributed by atoms with Gasteiger partial charge in [-0.05, 0) is 23.8 Å². The van der Waals surface area contributed by atoms with E-state index in [1.54, 1.807) is 0 Å². The first-order valence-electron chi connectivity index (χ1n) is 5.46. The van der Waals surface area contributed by atoms with Crippen molar-refractivity contribution in [1.29, 1.82) is 0 Å². The van der Waals surface area contributed by atoms with Gasteiger partial charge >= 0.3 is 0 Å². The molecule has 3 heterocycles. The van der Waals surface area contributed by atoms with Gasteiger partial charge in [0.25, 0.3) is 0 Å². The van der Waals surface area contributed by atoms with Crippen LogP contribution >= 0.6 is 0 Å². The van der Waals surface area contributed by atoms with Crippen molar-refractivity contribution in [2.75, 3.05) is 0 Å². The van der Waals surface area contributed by atoms with E-state index < -0.39 is 0 Å². The molecule has 1 aliphatic heterocycles. The molecule has 0 radical (unpaired) electrons. The molecule has 0 saturated heterocycles. The van der Waals surface area contributed by atoms with Gasteiger partial charge in [-0.25, -0.2) is 0 Å². The summed E-state index contributed by atoms with van der Waals surface area (Å²) in [5.74, 6) is 0. The number of pyridine rings is 1. The summed E-state index contributed by atoms with van der Waals surface area (Å²) in [6.45, 7) is 0.950. The minimum absolute atomic E-state index is 0.950. The predicted molar refractivity (Wildman–Crippen MR) is 64.3 cm³/mol. The highest BCUT2D eigenvalue weighted by atomic mass is 15.0. The molecule has 0 spiro atoms. The average Bonchev–Trinajstić information content (AvgIpc) is 2.85. The highest BCUT2D eigenvalue weighted by Crippen LogP contribution is 2.35. The second kappa shape index (κ2) is 2.73. The van der Waals surface area contributed by atoms with E-state index in [1.165, 1.54) is 22.2 Å². The smallest absolute Gasteiger partial charge is 0.0916 e. The second-order valence-corrected chi connectivity index (χ2v) is 4.19. The minimum Gasteiger partial charge on any atom is -0.335 e. The third-order valence-corrected chi connectivity index (χ3v) is 3.27. The summed E-state index contributed by atoms with van der Waals surface area (Å²) in [6, 6.07) is 14.9. The van der Waals surface area contributed by atoms with Crippen LogP contribution in [0.2, 0.25) is 0 Å². The zero-order chi connectivity index (χ0) is 10.5.